The van der Waals surface area contributed by atoms with Gasteiger partial charge < -0.3 is 5.32 Å². The van der Waals surface area contributed by atoms with Gasteiger partial charge >= 0.3 is 0 Å². The van der Waals surface area contributed by atoms with Gasteiger partial charge in [0.25, 0.3) is 10.0 Å². The summed E-state index contributed by atoms with van der Waals surface area (Å²) in [4.78, 5) is 4.84. The van der Waals surface area contributed by atoms with Crippen LogP contribution in [-0.4, -0.2) is 30.4 Å². The van der Waals surface area contributed by atoms with Gasteiger partial charge in [0.1, 0.15) is 17.5 Å². The second kappa shape index (κ2) is 8.96. The average molecular weight is 497 g/mol. The molecule has 176 valence electrons. The molecule has 1 aliphatic rings. The molecule has 2 aromatic carbocycles. The van der Waals surface area contributed by atoms with Crippen molar-refractivity contribution in [3.63, 3.8) is 0 Å². The molecule has 3 aromatic rings. The summed E-state index contributed by atoms with van der Waals surface area (Å²) in [6, 6.07) is 6.52. The molecular formula is C22H23F3N4O2S2. The molecule has 0 radical (unpaired) electrons. The van der Waals surface area contributed by atoms with Gasteiger partial charge in [0.2, 0.25) is 0 Å². The van der Waals surface area contributed by atoms with Gasteiger partial charge in [0.05, 0.1) is 5.51 Å². The quantitative estimate of drug-likeness (QED) is 0.461. The fourth-order valence-corrected chi connectivity index (χ4v) is 5.39. The SMILES string of the molecule is CC1(C)CCN1Cc1c(F)cccc1CNc1cc(F)c(S(=O)(=O)Nc2cscn2)c(F)c1. The Hall–Kier alpha value is -2.63. The number of thiazole rings is 1. The number of hydrogen-bond donors (Lipinski definition) is 2. The zero-order valence-corrected chi connectivity index (χ0v) is 19.7. The van der Waals surface area contributed by atoms with E-state index in [0.29, 0.717) is 17.7 Å². The first-order valence-electron chi connectivity index (χ1n) is 10.2. The van der Waals surface area contributed by atoms with Crippen molar-refractivity contribution in [2.24, 2.45) is 0 Å². The largest absolute Gasteiger partial charge is 0.381 e. The lowest BCUT2D eigenvalue weighted by atomic mass is 9.88. The normalized spacial score (nSPS) is 15.8. The summed E-state index contributed by atoms with van der Waals surface area (Å²) in [6.45, 7) is 5.61. The summed E-state index contributed by atoms with van der Waals surface area (Å²) < 4.78 is 70.7. The third kappa shape index (κ3) is 4.99. The summed E-state index contributed by atoms with van der Waals surface area (Å²) in [5.41, 5.74) is 2.59. The first-order chi connectivity index (χ1) is 15.6. The molecule has 0 bridgehead atoms. The average Bonchev–Trinajstić information content (AvgIpc) is 3.22. The number of nitrogens with one attached hydrogen (secondary N) is 2. The number of nitrogens with zero attached hydrogens (tertiary/aromatic N) is 2. The molecule has 1 fully saturated rings. The van der Waals surface area contributed by atoms with Gasteiger partial charge in [-0.05, 0) is 44.0 Å². The molecule has 2 heterocycles. The summed E-state index contributed by atoms with van der Waals surface area (Å²) in [5, 5.41) is 4.28. The molecule has 33 heavy (non-hydrogen) atoms. The van der Waals surface area contributed by atoms with E-state index in [2.05, 4.69) is 29.0 Å². The van der Waals surface area contributed by atoms with Gasteiger partial charge in [-0.25, -0.2) is 26.6 Å². The molecule has 0 saturated carbocycles. The van der Waals surface area contributed by atoms with Crippen molar-refractivity contribution in [2.75, 3.05) is 16.6 Å². The van der Waals surface area contributed by atoms with Gasteiger partial charge in [0.15, 0.2) is 10.7 Å². The monoisotopic (exact) mass is 496 g/mol. The minimum absolute atomic E-state index is 0.00681. The Balaban J connectivity index is 1.52. The molecule has 0 atom stereocenters. The molecule has 4 rings (SSSR count). The lowest BCUT2D eigenvalue weighted by molar-refractivity contribution is 0.00687. The fraction of sp³-hybridized carbons (Fsp3) is 0.318. The van der Waals surface area contributed by atoms with E-state index in [1.54, 1.807) is 12.1 Å². The van der Waals surface area contributed by atoms with Crippen molar-refractivity contribution in [2.45, 2.75) is 43.8 Å². The van der Waals surface area contributed by atoms with E-state index in [0.717, 1.165) is 36.4 Å². The highest BCUT2D eigenvalue weighted by atomic mass is 32.2. The van der Waals surface area contributed by atoms with Crippen LogP contribution >= 0.6 is 11.3 Å². The number of likely N-dealkylation sites (tertiary alicyclic amines) is 1. The maximum absolute atomic E-state index is 14.6. The van der Waals surface area contributed by atoms with Crippen LogP contribution in [0.15, 0.2) is 46.1 Å². The second-order valence-corrected chi connectivity index (χ2v) is 10.8. The maximum atomic E-state index is 14.6. The molecule has 0 aliphatic carbocycles. The summed E-state index contributed by atoms with van der Waals surface area (Å²) in [6.07, 6.45) is 1.03. The summed E-state index contributed by atoms with van der Waals surface area (Å²) in [7, 11) is -4.50. The van der Waals surface area contributed by atoms with Crippen molar-refractivity contribution in [1.29, 1.82) is 0 Å². The Morgan fingerprint density at radius 3 is 2.45 bits per heavy atom. The highest BCUT2D eigenvalue weighted by molar-refractivity contribution is 7.92. The zero-order chi connectivity index (χ0) is 23.8. The lowest BCUT2D eigenvalue weighted by Crippen LogP contribution is -2.55. The van der Waals surface area contributed by atoms with E-state index in [-0.39, 0.29) is 29.4 Å². The highest BCUT2D eigenvalue weighted by Gasteiger charge is 2.36. The summed E-state index contributed by atoms with van der Waals surface area (Å²) in [5.74, 6) is -2.86. The molecule has 2 N–H and O–H groups in total. The van der Waals surface area contributed by atoms with Crippen molar-refractivity contribution in [3.8, 4) is 0 Å². The smallest absolute Gasteiger partial charge is 0.268 e. The third-order valence-corrected chi connectivity index (χ3v) is 7.83. The van der Waals surface area contributed by atoms with Gasteiger partial charge in [-0.15, -0.1) is 11.3 Å². The number of hydrogen-bond acceptors (Lipinski definition) is 6. The first kappa shape index (κ1) is 23.5. The minimum Gasteiger partial charge on any atom is -0.381 e. The van der Waals surface area contributed by atoms with E-state index < -0.39 is 26.6 Å². The van der Waals surface area contributed by atoms with Crippen LogP contribution in [0.3, 0.4) is 0 Å². The van der Waals surface area contributed by atoms with Crippen molar-refractivity contribution in [1.82, 2.24) is 9.88 Å². The van der Waals surface area contributed by atoms with Crippen LogP contribution in [0.4, 0.5) is 24.7 Å². The van der Waals surface area contributed by atoms with Crippen LogP contribution in [0.25, 0.3) is 0 Å². The van der Waals surface area contributed by atoms with E-state index in [4.69, 9.17) is 0 Å². The molecule has 1 saturated heterocycles. The zero-order valence-electron chi connectivity index (χ0n) is 18.0. The number of anilines is 2. The molecular weight excluding hydrogens is 473 g/mol. The van der Waals surface area contributed by atoms with E-state index in [9.17, 15) is 21.6 Å². The Labute approximate surface area is 194 Å². The first-order valence-corrected chi connectivity index (χ1v) is 12.6. The number of aromatic nitrogens is 1. The molecule has 11 heteroatoms. The number of sulfonamides is 1. The topological polar surface area (TPSA) is 74.3 Å². The Kier molecular flexibility index (Phi) is 6.39. The molecule has 1 aliphatic heterocycles. The number of benzene rings is 2. The van der Waals surface area contributed by atoms with Crippen LogP contribution < -0.4 is 10.0 Å². The van der Waals surface area contributed by atoms with Crippen LogP contribution in [0.5, 0.6) is 0 Å². The molecule has 0 spiro atoms. The van der Waals surface area contributed by atoms with Crippen LogP contribution in [0.1, 0.15) is 31.4 Å². The molecule has 0 amide bonds. The minimum atomic E-state index is -4.50. The highest BCUT2D eigenvalue weighted by Crippen LogP contribution is 2.32. The molecule has 0 unspecified atom stereocenters. The predicted molar refractivity (Wildman–Crippen MR) is 122 cm³/mol. The fourth-order valence-electron chi connectivity index (χ4n) is 3.71. The van der Waals surface area contributed by atoms with E-state index in [1.807, 2.05) is 4.72 Å². The third-order valence-electron chi connectivity index (χ3n) is 5.84. The van der Waals surface area contributed by atoms with Crippen LogP contribution in [0.2, 0.25) is 0 Å². The lowest BCUT2D eigenvalue weighted by Gasteiger charge is -2.48. The molecule has 1 aromatic heterocycles. The van der Waals surface area contributed by atoms with E-state index >= 15 is 0 Å². The Bertz CT molecular complexity index is 1240. The Morgan fingerprint density at radius 2 is 1.88 bits per heavy atom. The van der Waals surface area contributed by atoms with Crippen molar-refractivity contribution < 1.29 is 21.6 Å². The second-order valence-electron chi connectivity index (χ2n) is 8.46. The summed E-state index contributed by atoms with van der Waals surface area (Å²) >= 11 is 1.14. The molecule has 6 nitrogen and oxygen atoms in total. The number of halogens is 3. The van der Waals surface area contributed by atoms with Crippen molar-refractivity contribution in [3.05, 3.63) is 69.8 Å². The maximum Gasteiger partial charge on any atom is 0.268 e. The van der Waals surface area contributed by atoms with Gasteiger partial charge in [-0.3, -0.25) is 9.62 Å². The van der Waals surface area contributed by atoms with Gasteiger partial charge in [0, 0.05) is 41.8 Å². The van der Waals surface area contributed by atoms with Gasteiger partial charge in [-0.2, -0.15) is 0 Å². The predicted octanol–water partition coefficient (Wildman–Crippen LogP) is 4.96. The van der Waals surface area contributed by atoms with Gasteiger partial charge in [-0.1, -0.05) is 12.1 Å². The Morgan fingerprint density at radius 1 is 1.15 bits per heavy atom. The standard InChI is InChI=1S/C22H23F3N4O2S2/c1-22(2)6-7-29(22)11-16-14(4-3-5-17(16)23)10-26-15-8-18(24)21(19(25)9-15)33(30,31)28-20-12-32-13-27-20/h3-5,8-9,12-13,26,28H,6-7,10-11H2,1-2H3. The van der Waals surface area contributed by atoms with Crippen LogP contribution in [-0.2, 0) is 23.1 Å². The van der Waals surface area contributed by atoms with Crippen molar-refractivity contribution >= 4 is 32.9 Å². The van der Waals surface area contributed by atoms with Crippen LogP contribution in [0, 0.1) is 17.5 Å². The number of rotatable bonds is 8. The van der Waals surface area contributed by atoms with E-state index in [1.165, 1.54) is 17.0 Å².